The molecule has 1 unspecified atom stereocenters. The van der Waals surface area contributed by atoms with Crippen LogP contribution in [0.3, 0.4) is 0 Å². The van der Waals surface area contributed by atoms with E-state index in [0.717, 1.165) is 5.75 Å². The van der Waals surface area contributed by atoms with Crippen molar-refractivity contribution in [1.29, 1.82) is 0 Å². The Morgan fingerprint density at radius 3 is 2.75 bits per heavy atom. The van der Waals surface area contributed by atoms with E-state index in [-0.39, 0.29) is 0 Å². The fourth-order valence-corrected chi connectivity index (χ4v) is 3.65. The Balaban J connectivity index is 1.99. The summed E-state index contributed by atoms with van der Waals surface area (Å²) in [5, 5.41) is 6.70. The Kier molecular flexibility index (Phi) is 5.64. The van der Waals surface area contributed by atoms with E-state index in [0.29, 0.717) is 12.0 Å². The van der Waals surface area contributed by atoms with E-state index >= 15 is 0 Å². The molecule has 0 amide bonds. The predicted molar refractivity (Wildman–Crippen MR) is 89.7 cm³/mol. The SMILES string of the molecule is CNC(C)c1cccc(SCc2csc(C(C)C)n2)c1. The Labute approximate surface area is 130 Å². The van der Waals surface area contributed by atoms with Gasteiger partial charge in [-0.3, -0.25) is 0 Å². The van der Waals surface area contributed by atoms with Crippen molar-refractivity contribution in [2.24, 2.45) is 0 Å². The van der Waals surface area contributed by atoms with Gasteiger partial charge in [0.05, 0.1) is 10.7 Å². The predicted octanol–water partition coefficient (Wildman–Crippen LogP) is 4.84. The smallest absolute Gasteiger partial charge is 0.0954 e. The van der Waals surface area contributed by atoms with Gasteiger partial charge in [-0.25, -0.2) is 4.98 Å². The number of benzene rings is 1. The van der Waals surface area contributed by atoms with Crippen LogP contribution in [0.4, 0.5) is 0 Å². The van der Waals surface area contributed by atoms with Crippen molar-refractivity contribution in [3.63, 3.8) is 0 Å². The van der Waals surface area contributed by atoms with Gasteiger partial charge in [0, 0.05) is 28.0 Å². The summed E-state index contributed by atoms with van der Waals surface area (Å²) in [5.41, 5.74) is 2.52. The average Bonchev–Trinajstić information content (AvgIpc) is 2.93. The van der Waals surface area contributed by atoms with Gasteiger partial charge in [0.2, 0.25) is 0 Å². The highest BCUT2D eigenvalue weighted by atomic mass is 32.2. The van der Waals surface area contributed by atoms with Crippen LogP contribution >= 0.6 is 23.1 Å². The number of thioether (sulfide) groups is 1. The second kappa shape index (κ2) is 7.25. The van der Waals surface area contributed by atoms with E-state index in [1.165, 1.54) is 21.2 Å². The topological polar surface area (TPSA) is 24.9 Å². The largest absolute Gasteiger partial charge is 0.313 e. The molecule has 1 heterocycles. The van der Waals surface area contributed by atoms with Crippen LogP contribution in [0.25, 0.3) is 0 Å². The lowest BCUT2D eigenvalue weighted by atomic mass is 10.1. The summed E-state index contributed by atoms with van der Waals surface area (Å²) in [5.74, 6) is 1.47. The molecule has 108 valence electrons. The normalized spacial score (nSPS) is 12.8. The standard InChI is InChI=1S/C16H22N2S2/c1-11(2)16-18-14(10-20-16)9-19-15-7-5-6-13(8-15)12(3)17-4/h5-8,10-12,17H,9H2,1-4H3. The fourth-order valence-electron chi connectivity index (χ4n) is 1.85. The second-order valence-electron chi connectivity index (χ2n) is 5.20. The first kappa shape index (κ1) is 15.5. The molecule has 0 saturated carbocycles. The van der Waals surface area contributed by atoms with Crippen LogP contribution in [0.15, 0.2) is 34.5 Å². The molecular weight excluding hydrogens is 284 g/mol. The first-order valence-electron chi connectivity index (χ1n) is 6.94. The average molecular weight is 306 g/mol. The molecule has 1 aromatic heterocycles. The van der Waals surface area contributed by atoms with Crippen LogP contribution in [-0.4, -0.2) is 12.0 Å². The van der Waals surface area contributed by atoms with Gasteiger partial charge in [0.1, 0.15) is 0 Å². The summed E-state index contributed by atoms with van der Waals surface area (Å²) >= 11 is 3.63. The molecule has 2 aromatic rings. The molecule has 1 N–H and O–H groups in total. The van der Waals surface area contributed by atoms with E-state index < -0.39 is 0 Å². The maximum Gasteiger partial charge on any atom is 0.0954 e. The van der Waals surface area contributed by atoms with Crippen LogP contribution in [0.2, 0.25) is 0 Å². The van der Waals surface area contributed by atoms with E-state index in [1.807, 2.05) is 18.8 Å². The van der Waals surface area contributed by atoms with Gasteiger partial charge in [0.15, 0.2) is 0 Å². The van der Waals surface area contributed by atoms with Crippen LogP contribution in [0, 0.1) is 0 Å². The molecule has 1 aromatic carbocycles. The first-order valence-corrected chi connectivity index (χ1v) is 8.81. The third-order valence-electron chi connectivity index (χ3n) is 3.24. The Morgan fingerprint density at radius 1 is 1.30 bits per heavy atom. The van der Waals surface area contributed by atoms with Crippen LogP contribution in [0.5, 0.6) is 0 Å². The third-order valence-corrected chi connectivity index (χ3v) is 5.46. The molecular formula is C16H22N2S2. The minimum absolute atomic E-state index is 0.391. The van der Waals surface area contributed by atoms with Crippen molar-refractivity contribution in [2.45, 2.75) is 43.4 Å². The molecule has 0 aliphatic rings. The monoisotopic (exact) mass is 306 g/mol. The van der Waals surface area contributed by atoms with E-state index in [1.54, 1.807) is 11.3 Å². The second-order valence-corrected chi connectivity index (χ2v) is 7.14. The van der Waals surface area contributed by atoms with Gasteiger partial charge in [-0.1, -0.05) is 26.0 Å². The lowest BCUT2D eigenvalue weighted by Crippen LogP contribution is -2.11. The van der Waals surface area contributed by atoms with Gasteiger partial charge < -0.3 is 5.32 Å². The summed E-state index contributed by atoms with van der Waals surface area (Å²) < 4.78 is 0. The molecule has 0 bridgehead atoms. The first-order chi connectivity index (χ1) is 9.60. The molecule has 0 aliphatic carbocycles. The zero-order chi connectivity index (χ0) is 14.5. The number of aromatic nitrogens is 1. The number of nitrogens with zero attached hydrogens (tertiary/aromatic N) is 1. The van der Waals surface area contributed by atoms with E-state index in [4.69, 9.17) is 0 Å². The Hall–Kier alpha value is -0.840. The van der Waals surface area contributed by atoms with Gasteiger partial charge >= 0.3 is 0 Å². The molecule has 2 rings (SSSR count). The molecule has 4 heteroatoms. The van der Waals surface area contributed by atoms with E-state index in [9.17, 15) is 0 Å². The van der Waals surface area contributed by atoms with Gasteiger partial charge in [-0.2, -0.15) is 0 Å². The number of nitrogens with one attached hydrogen (secondary N) is 1. The van der Waals surface area contributed by atoms with Crippen molar-refractivity contribution >= 4 is 23.1 Å². The number of hydrogen-bond acceptors (Lipinski definition) is 4. The summed E-state index contributed by atoms with van der Waals surface area (Å²) in [6.07, 6.45) is 0. The molecule has 0 aliphatic heterocycles. The van der Waals surface area contributed by atoms with E-state index in [2.05, 4.69) is 60.7 Å². The fraction of sp³-hybridized carbons (Fsp3) is 0.438. The summed E-state index contributed by atoms with van der Waals surface area (Å²) in [7, 11) is 1.99. The maximum atomic E-state index is 4.68. The molecule has 0 spiro atoms. The summed E-state index contributed by atoms with van der Waals surface area (Å²) in [6.45, 7) is 6.57. The summed E-state index contributed by atoms with van der Waals surface area (Å²) in [6, 6.07) is 9.13. The Morgan fingerprint density at radius 2 is 2.10 bits per heavy atom. The molecule has 0 radical (unpaired) electrons. The van der Waals surface area contributed by atoms with Gasteiger partial charge in [0.25, 0.3) is 0 Å². The highest BCUT2D eigenvalue weighted by Gasteiger charge is 2.07. The quantitative estimate of drug-likeness (QED) is 0.773. The van der Waals surface area contributed by atoms with Gasteiger partial charge in [-0.05, 0) is 31.7 Å². The van der Waals surface area contributed by atoms with Crippen molar-refractivity contribution in [1.82, 2.24) is 10.3 Å². The third kappa shape index (κ3) is 4.08. The minimum Gasteiger partial charge on any atom is -0.313 e. The number of rotatable bonds is 6. The molecule has 20 heavy (non-hydrogen) atoms. The highest BCUT2D eigenvalue weighted by molar-refractivity contribution is 7.98. The maximum absolute atomic E-state index is 4.68. The lowest BCUT2D eigenvalue weighted by molar-refractivity contribution is 0.651. The molecule has 0 fully saturated rings. The van der Waals surface area contributed by atoms with Crippen LogP contribution in [-0.2, 0) is 5.75 Å². The zero-order valence-corrected chi connectivity index (χ0v) is 14.1. The van der Waals surface area contributed by atoms with Crippen LogP contribution < -0.4 is 5.32 Å². The highest BCUT2D eigenvalue weighted by Crippen LogP contribution is 2.27. The number of thiazole rings is 1. The van der Waals surface area contributed by atoms with Gasteiger partial charge in [-0.15, -0.1) is 23.1 Å². The molecule has 0 saturated heterocycles. The summed E-state index contributed by atoms with van der Waals surface area (Å²) in [4.78, 5) is 5.99. The Bertz CT molecular complexity index is 549. The zero-order valence-electron chi connectivity index (χ0n) is 12.5. The van der Waals surface area contributed by atoms with Crippen molar-refractivity contribution in [3.8, 4) is 0 Å². The minimum atomic E-state index is 0.391. The molecule has 1 atom stereocenters. The van der Waals surface area contributed by atoms with Crippen LogP contribution in [0.1, 0.15) is 49.0 Å². The van der Waals surface area contributed by atoms with Crippen molar-refractivity contribution < 1.29 is 0 Å². The molecule has 2 nitrogen and oxygen atoms in total. The number of hydrogen-bond donors (Lipinski definition) is 1. The lowest BCUT2D eigenvalue weighted by Gasteiger charge is -2.11. The van der Waals surface area contributed by atoms with Crippen molar-refractivity contribution in [3.05, 3.63) is 45.9 Å². The van der Waals surface area contributed by atoms with Crippen molar-refractivity contribution in [2.75, 3.05) is 7.05 Å².